The van der Waals surface area contributed by atoms with Gasteiger partial charge in [-0.1, -0.05) is 30.3 Å². The van der Waals surface area contributed by atoms with Crippen molar-refractivity contribution in [3.63, 3.8) is 0 Å². The number of amides is 2. The molecule has 0 spiro atoms. The first-order valence-corrected chi connectivity index (χ1v) is 12.8. The van der Waals surface area contributed by atoms with Crippen LogP contribution in [0.2, 0.25) is 0 Å². The molecule has 4 rings (SSSR count). The number of likely N-dealkylation sites (N-methyl/N-ethyl adjacent to an activating group) is 1. The SMILES string of the molecule is CO[C@@H]1CC[C@H]2CCN(C)C(=O)C[C@@H](c3ccccc3)CN(C)C(=O)c3cc(C#N)ccc3OC[C@@H]1O2. The molecule has 2 heterocycles. The van der Waals surface area contributed by atoms with E-state index in [1.165, 1.54) is 0 Å². The lowest BCUT2D eigenvalue weighted by atomic mass is 9.94. The van der Waals surface area contributed by atoms with Gasteiger partial charge in [-0.2, -0.15) is 5.26 Å². The number of hydrogen-bond donors (Lipinski definition) is 0. The van der Waals surface area contributed by atoms with Gasteiger partial charge in [-0.05, 0) is 43.0 Å². The standard InChI is InChI=1S/C29H35N3O5/c1-31-14-13-23-10-12-26(35-3)27(37-23)19-36-25-11-9-20(17-30)15-24(25)29(34)32(2)18-22(16-28(31)33)21-7-5-4-6-8-21/h4-9,11,15,22-23,26-27H,10,12-14,16,18-19H2,1-3H3/t22-,23+,26-,27+/m1/s1. The molecule has 2 bridgehead atoms. The minimum absolute atomic E-state index is 0.0127. The lowest BCUT2D eigenvalue weighted by Gasteiger charge is -2.36. The fourth-order valence-electron chi connectivity index (χ4n) is 5.09. The van der Waals surface area contributed by atoms with Crippen molar-refractivity contribution in [2.75, 3.05) is 40.9 Å². The van der Waals surface area contributed by atoms with Gasteiger partial charge in [-0.25, -0.2) is 0 Å². The maximum atomic E-state index is 13.6. The molecule has 2 amide bonds. The molecule has 0 aromatic heterocycles. The summed E-state index contributed by atoms with van der Waals surface area (Å²) in [5.74, 6) is -0.0269. The van der Waals surface area contributed by atoms with Crippen molar-refractivity contribution >= 4 is 11.8 Å². The predicted molar refractivity (Wildman–Crippen MR) is 138 cm³/mol. The van der Waals surface area contributed by atoms with E-state index < -0.39 is 0 Å². The maximum Gasteiger partial charge on any atom is 0.257 e. The van der Waals surface area contributed by atoms with Gasteiger partial charge in [0.05, 0.1) is 29.4 Å². The molecule has 4 atom stereocenters. The van der Waals surface area contributed by atoms with E-state index in [2.05, 4.69) is 6.07 Å². The molecule has 8 nitrogen and oxygen atoms in total. The molecule has 2 aromatic carbocycles. The van der Waals surface area contributed by atoms with Gasteiger partial charge in [-0.15, -0.1) is 0 Å². The zero-order valence-corrected chi connectivity index (χ0v) is 21.8. The summed E-state index contributed by atoms with van der Waals surface area (Å²) in [7, 11) is 5.20. The molecule has 2 aliphatic heterocycles. The molecule has 1 saturated heterocycles. The van der Waals surface area contributed by atoms with Crippen molar-refractivity contribution in [3.8, 4) is 11.8 Å². The Morgan fingerprint density at radius 1 is 1.03 bits per heavy atom. The number of ether oxygens (including phenoxy) is 3. The highest BCUT2D eigenvalue weighted by atomic mass is 16.6. The van der Waals surface area contributed by atoms with Crippen LogP contribution in [0.3, 0.4) is 0 Å². The quantitative estimate of drug-likeness (QED) is 0.619. The molecule has 0 N–H and O–H groups in total. The van der Waals surface area contributed by atoms with Crippen LogP contribution >= 0.6 is 0 Å². The molecule has 1 fully saturated rings. The Morgan fingerprint density at radius 3 is 2.54 bits per heavy atom. The molecule has 0 aliphatic carbocycles. The third kappa shape index (κ3) is 6.48. The third-order valence-corrected chi connectivity index (χ3v) is 7.35. The van der Waals surface area contributed by atoms with E-state index in [9.17, 15) is 14.9 Å². The van der Waals surface area contributed by atoms with Crippen molar-refractivity contribution < 1.29 is 23.8 Å². The average Bonchev–Trinajstić information content (AvgIpc) is 2.93. The van der Waals surface area contributed by atoms with Gasteiger partial charge in [0, 0.05) is 46.6 Å². The van der Waals surface area contributed by atoms with Crippen LogP contribution in [-0.4, -0.2) is 80.8 Å². The number of benzene rings is 2. The first kappa shape index (κ1) is 26.6. The molecule has 0 radical (unpaired) electrons. The third-order valence-electron chi connectivity index (χ3n) is 7.35. The zero-order chi connectivity index (χ0) is 26.4. The van der Waals surface area contributed by atoms with E-state index in [1.807, 2.05) is 37.4 Å². The van der Waals surface area contributed by atoms with Crippen LogP contribution in [0.4, 0.5) is 0 Å². The van der Waals surface area contributed by atoms with Crippen LogP contribution in [0.1, 0.15) is 53.1 Å². The Balaban J connectivity index is 1.68. The molecule has 2 aliphatic rings. The Morgan fingerprint density at radius 2 is 1.81 bits per heavy atom. The monoisotopic (exact) mass is 505 g/mol. The minimum Gasteiger partial charge on any atom is -0.490 e. The minimum atomic E-state index is -0.309. The lowest BCUT2D eigenvalue weighted by molar-refractivity contribution is -0.145. The van der Waals surface area contributed by atoms with E-state index >= 15 is 0 Å². The zero-order valence-electron chi connectivity index (χ0n) is 21.8. The molecular weight excluding hydrogens is 470 g/mol. The first-order valence-electron chi connectivity index (χ1n) is 12.8. The second kappa shape index (κ2) is 12.2. The topological polar surface area (TPSA) is 92.1 Å². The summed E-state index contributed by atoms with van der Waals surface area (Å²) in [6, 6.07) is 16.8. The van der Waals surface area contributed by atoms with E-state index in [4.69, 9.17) is 14.2 Å². The number of methoxy groups -OCH3 is 1. The van der Waals surface area contributed by atoms with Gasteiger partial charge in [0.1, 0.15) is 18.5 Å². The normalized spacial score (nSPS) is 25.7. The van der Waals surface area contributed by atoms with E-state index in [-0.39, 0.29) is 49.1 Å². The van der Waals surface area contributed by atoms with Gasteiger partial charge in [0.2, 0.25) is 5.91 Å². The van der Waals surface area contributed by atoms with Crippen LogP contribution < -0.4 is 4.74 Å². The van der Waals surface area contributed by atoms with Crippen molar-refractivity contribution in [2.45, 2.75) is 49.9 Å². The number of nitrogens with zero attached hydrogens (tertiary/aromatic N) is 3. The van der Waals surface area contributed by atoms with Gasteiger partial charge >= 0.3 is 0 Å². The molecule has 0 unspecified atom stereocenters. The average molecular weight is 506 g/mol. The maximum absolute atomic E-state index is 13.6. The highest BCUT2D eigenvalue weighted by molar-refractivity contribution is 5.97. The Labute approximate surface area is 218 Å². The van der Waals surface area contributed by atoms with Crippen molar-refractivity contribution in [3.05, 3.63) is 65.2 Å². The van der Waals surface area contributed by atoms with Crippen molar-refractivity contribution in [2.24, 2.45) is 0 Å². The summed E-state index contributed by atoms with van der Waals surface area (Å²) >= 11 is 0. The van der Waals surface area contributed by atoms with E-state index in [0.717, 1.165) is 24.8 Å². The van der Waals surface area contributed by atoms with Crippen molar-refractivity contribution in [1.29, 1.82) is 5.26 Å². The second-order valence-electron chi connectivity index (χ2n) is 9.88. The van der Waals surface area contributed by atoms with Crippen LogP contribution in [0.25, 0.3) is 0 Å². The number of nitriles is 1. The summed E-state index contributed by atoms with van der Waals surface area (Å²) < 4.78 is 18.1. The van der Waals surface area contributed by atoms with Gasteiger partial charge < -0.3 is 24.0 Å². The number of hydrogen-bond acceptors (Lipinski definition) is 6. The van der Waals surface area contributed by atoms with Gasteiger partial charge in [0.15, 0.2) is 0 Å². The largest absolute Gasteiger partial charge is 0.490 e. The molecule has 196 valence electrons. The Kier molecular flexibility index (Phi) is 8.80. The Hall–Kier alpha value is -3.41. The molecule has 2 aromatic rings. The fourth-order valence-corrected chi connectivity index (χ4v) is 5.09. The first-order chi connectivity index (χ1) is 17.9. The number of carbonyl (C=O) groups excluding carboxylic acids is 2. The number of rotatable bonds is 2. The van der Waals surface area contributed by atoms with Crippen LogP contribution in [0, 0.1) is 11.3 Å². The summed E-state index contributed by atoms with van der Waals surface area (Å²) in [5, 5.41) is 9.46. The second-order valence-corrected chi connectivity index (χ2v) is 9.88. The Bertz CT molecular complexity index is 1130. The number of fused-ring (bicyclic) bond motifs is 3. The smallest absolute Gasteiger partial charge is 0.257 e. The molecule has 0 saturated carbocycles. The predicted octanol–water partition coefficient (Wildman–Crippen LogP) is 3.61. The summed E-state index contributed by atoms with van der Waals surface area (Å²) in [5.41, 5.74) is 1.68. The van der Waals surface area contributed by atoms with E-state index in [0.29, 0.717) is 30.0 Å². The van der Waals surface area contributed by atoms with E-state index in [1.54, 1.807) is 42.2 Å². The molecular formula is C29H35N3O5. The summed E-state index contributed by atoms with van der Waals surface area (Å²) in [4.78, 5) is 30.2. The van der Waals surface area contributed by atoms with Gasteiger partial charge in [-0.3, -0.25) is 9.59 Å². The fraction of sp³-hybridized carbons (Fsp3) is 0.483. The van der Waals surface area contributed by atoms with Crippen molar-refractivity contribution in [1.82, 2.24) is 9.80 Å². The molecule has 8 heteroatoms. The highest BCUT2D eigenvalue weighted by Gasteiger charge is 2.33. The lowest BCUT2D eigenvalue weighted by Crippen LogP contribution is -2.44. The summed E-state index contributed by atoms with van der Waals surface area (Å²) in [6.07, 6.45) is 2.23. The van der Waals surface area contributed by atoms with Crippen LogP contribution in [-0.2, 0) is 14.3 Å². The van der Waals surface area contributed by atoms with Crippen LogP contribution in [0.5, 0.6) is 5.75 Å². The molecule has 37 heavy (non-hydrogen) atoms. The van der Waals surface area contributed by atoms with Gasteiger partial charge in [0.25, 0.3) is 5.91 Å². The number of carbonyl (C=O) groups is 2. The highest BCUT2D eigenvalue weighted by Crippen LogP contribution is 2.29. The summed E-state index contributed by atoms with van der Waals surface area (Å²) in [6.45, 7) is 1.15. The van der Waals surface area contributed by atoms with Crippen LogP contribution in [0.15, 0.2) is 48.5 Å².